The standard InChI is InChI=1S/C17H16FNO6S/c1-23-17(20)12-3-4-13(14(18)7-12)9-19(26(21)22)8-11-2-5-15-16(6-11)25-10-24-15/h2-7,26H,8-10H2,1H3. The quantitative estimate of drug-likeness (QED) is 0.608. The van der Waals surface area contributed by atoms with Crippen molar-refractivity contribution < 1.29 is 31.8 Å². The number of carbonyl (C=O) groups is 1. The summed E-state index contributed by atoms with van der Waals surface area (Å²) in [6, 6.07) is 8.88. The summed E-state index contributed by atoms with van der Waals surface area (Å²) >= 11 is 0. The molecule has 7 nitrogen and oxygen atoms in total. The van der Waals surface area contributed by atoms with Crippen LogP contribution in [0.2, 0.25) is 0 Å². The van der Waals surface area contributed by atoms with Crippen molar-refractivity contribution in [2.75, 3.05) is 13.9 Å². The number of hydrogen-bond donors (Lipinski definition) is 1. The minimum absolute atomic E-state index is 0.0491. The van der Waals surface area contributed by atoms with Crippen molar-refractivity contribution in [3.63, 3.8) is 0 Å². The maximum Gasteiger partial charge on any atom is 0.337 e. The Hall–Kier alpha value is -2.65. The van der Waals surface area contributed by atoms with Crippen LogP contribution in [0.25, 0.3) is 0 Å². The summed E-state index contributed by atoms with van der Waals surface area (Å²) in [7, 11) is -1.75. The molecule has 0 spiro atoms. The van der Waals surface area contributed by atoms with Gasteiger partial charge in [-0.3, -0.25) is 0 Å². The molecule has 1 aliphatic heterocycles. The Morgan fingerprint density at radius 1 is 1.15 bits per heavy atom. The van der Waals surface area contributed by atoms with Gasteiger partial charge in [0.1, 0.15) is 5.82 Å². The van der Waals surface area contributed by atoms with Crippen molar-refractivity contribution in [2.45, 2.75) is 13.1 Å². The van der Waals surface area contributed by atoms with Crippen LogP contribution in [0.1, 0.15) is 21.5 Å². The van der Waals surface area contributed by atoms with Crippen LogP contribution >= 0.6 is 0 Å². The Labute approximate surface area is 151 Å². The Morgan fingerprint density at radius 2 is 1.92 bits per heavy atom. The fourth-order valence-corrected chi connectivity index (χ4v) is 3.09. The average molecular weight is 381 g/mol. The van der Waals surface area contributed by atoms with Crippen molar-refractivity contribution in [1.29, 1.82) is 0 Å². The van der Waals surface area contributed by atoms with E-state index in [2.05, 4.69) is 4.74 Å². The largest absolute Gasteiger partial charge is 0.465 e. The van der Waals surface area contributed by atoms with E-state index in [1.807, 2.05) is 0 Å². The molecule has 0 saturated heterocycles. The lowest BCUT2D eigenvalue weighted by atomic mass is 10.1. The predicted octanol–water partition coefficient (Wildman–Crippen LogP) is 1.87. The zero-order valence-corrected chi connectivity index (χ0v) is 14.7. The van der Waals surface area contributed by atoms with Gasteiger partial charge in [0.25, 0.3) is 0 Å². The monoisotopic (exact) mass is 381 g/mol. The molecule has 0 saturated carbocycles. The molecule has 0 aromatic heterocycles. The van der Waals surface area contributed by atoms with E-state index < -0.39 is 22.7 Å². The summed E-state index contributed by atoms with van der Waals surface area (Å²) in [5.41, 5.74) is 0.889. The van der Waals surface area contributed by atoms with E-state index in [1.165, 1.54) is 19.2 Å². The fourth-order valence-electron chi connectivity index (χ4n) is 2.54. The van der Waals surface area contributed by atoms with Crippen LogP contribution in [0, 0.1) is 5.82 Å². The van der Waals surface area contributed by atoms with Crippen molar-refractivity contribution in [3.05, 3.63) is 58.9 Å². The highest BCUT2D eigenvalue weighted by atomic mass is 32.2. The Balaban J connectivity index is 1.78. The van der Waals surface area contributed by atoms with Crippen molar-refractivity contribution in [2.24, 2.45) is 0 Å². The van der Waals surface area contributed by atoms with Crippen molar-refractivity contribution >= 4 is 16.9 Å². The molecule has 26 heavy (non-hydrogen) atoms. The molecule has 0 amide bonds. The molecule has 0 N–H and O–H groups in total. The first kappa shape index (κ1) is 18.2. The molecule has 9 heteroatoms. The second kappa shape index (κ2) is 7.71. The molecule has 0 unspecified atom stereocenters. The number of fused-ring (bicyclic) bond motifs is 1. The number of rotatable bonds is 6. The first-order valence-corrected chi connectivity index (χ1v) is 8.75. The molecule has 0 aliphatic carbocycles. The Morgan fingerprint density at radius 3 is 2.62 bits per heavy atom. The van der Waals surface area contributed by atoms with Crippen LogP contribution in [0.5, 0.6) is 11.5 Å². The van der Waals surface area contributed by atoms with E-state index in [9.17, 15) is 17.6 Å². The van der Waals surface area contributed by atoms with Gasteiger partial charge >= 0.3 is 5.97 Å². The second-order valence-corrected chi connectivity index (χ2v) is 6.59. The first-order valence-electron chi connectivity index (χ1n) is 7.62. The molecule has 1 heterocycles. The summed E-state index contributed by atoms with van der Waals surface area (Å²) in [6.45, 7) is 0.00401. The van der Waals surface area contributed by atoms with Gasteiger partial charge in [0, 0.05) is 18.7 Å². The highest BCUT2D eigenvalue weighted by Crippen LogP contribution is 2.33. The number of esters is 1. The first-order chi connectivity index (χ1) is 12.5. The average Bonchev–Trinajstić information content (AvgIpc) is 3.09. The highest BCUT2D eigenvalue weighted by Gasteiger charge is 2.17. The maximum absolute atomic E-state index is 14.2. The minimum Gasteiger partial charge on any atom is -0.465 e. The number of halogens is 1. The van der Waals surface area contributed by atoms with Gasteiger partial charge in [0.15, 0.2) is 11.5 Å². The van der Waals surface area contributed by atoms with Gasteiger partial charge in [-0.2, -0.15) is 4.31 Å². The van der Waals surface area contributed by atoms with Crippen molar-refractivity contribution in [3.8, 4) is 11.5 Å². The summed E-state index contributed by atoms with van der Waals surface area (Å²) in [5, 5.41) is 0. The smallest absolute Gasteiger partial charge is 0.337 e. The molecule has 3 rings (SSSR count). The van der Waals surface area contributed by atoms with Crippen LogP contribution in [0.3, 0.4) is 0 Å². The van der Waals surface area contributed by atoms with Gasteiger partial charge in [0.05, 0.1) is 12.7 Å². The van der Waals surface area contributed by atoms with E-state index >= 15 is 0 Å². The maximum atomic E-state index is 14.2. The van der Waals surface area contributed by atoms with E-state index in [0.717, 1.165) is 10.4 Å². The predicted molar refractivity (Wildman–Crippen MR) is 89.9 cm³/mol. The lowest BCUT2D eigenvalue weighted by molar-refractivity contribution is 0.0600. The van der Waals surface area contributed by atoms with Gasteiger partial charge in [-0.05, 0) is 29.8 Å². The number of thiol groups is 1. The fraction of sp³-hybridized carbons (Fsp3) is 0.235. The van der Waals surface area contributed by atoms with Crippen LogP contribution in [-0.2, 0) is 28.7 Å². The number of nitrogens with zero attached hydrogens (tertiary/aromatic N) is 1. The summed E-state index contributed by atoms with van der Waals surface area (Å²) in [5.74, 6) is -0.212. The lowest BCUT2D eigenvalue weighted by Crippen LogP contribution is -2.21. The molecule has 0 atom stereocenters. The number of ether oxygens (including phenoxy) is 3. The molecular weight excluding hydrogens is 365 g/mol. The normalized spacial score (nSPS) is 12.6. The SMILES string of the molecule is COC(=O)c1ccc(CN(Cc2ccc3c(c2)OCO3)[SH](=O)=O)c(F)c1. The van der Waals surface area contributed by atoms with Crippen LogP contribution in [0.15, 0.2) is 36.4 Å². The third kappa shape index (κ3) is 3.94. The molecule has 0 fully saturated rings. The summed E-state index contributed by atoms with van der Waals surface area (Å²) in [6.07, 6.45) is 0. The van der Waals surface area contributed by atoms with E-state index in [1.54, 1.807) is 18.2 Å². The number of carbonyl (C=O) groups excluding carboxylic acids is 1. The Bertz CT molecular complexity index is 906. The van der Waals surface area contributed by atoms with E-state index in [4.69, 9.17) is 9.47 Å². The number of benzene rings is 2. The third-order valence-corrected chi connectivity index (χ3v) is 4.60. The van der Waals surface area contributed by atoms with Crippen LogP contribution in [-0.4, -0.2) is 32.6 Å². The summed E-state index contributed by atoms with van der Waals surface area (Å²) in [4.78, 5) is 11.4. The number of hydrogen-bond acceptors (Lipinski definition) is 6. The molecular formula is C17H16FNO6S. The minimum atomic E-state index is -2.95. The molecule has 1 aliphatic rings. The molecule has 0 radical (unpaired) electrons. The molecule has 138 valence electrons. The Kier molecular flexibility index (Phi) is 5.38. The lowest BCUT2D eigenvalue weighted by Gasteiger charge is -2.16. The van der Waals surface area contributed by atoms with Crippen molar-refractivity contribution in [1.82, 2.24) is 4.31 Å². The summed E-state index contributed by atoms with van der Waals surface area (Å²) < 4.78 is 53.5. The van der Waals surface area contributed by atoms with Gasteiger partial charge in [-0.15, -0.1) is 0 Å². The highest BCUT2D eigenvalue weighted by molar-refractivity contribution is 7.69. The molecule has 0 bridgehead atoms. The molecule has 2 aromatic carbocycles. The number of methoxy groups -OCH3 is 1. The molecule has 2 aromatic rings. The second-order valence-electron chi connectivity index (χ2n) is 5.55. The van der Waals surface area contributed by atoms with Crippen LogP contribution < -0.4 is 9.47 Å². The van der Waals surface area contributed by atoms with E-state index in [0.29, 0.717) is 17.1 Å². The zero-order chi connectivity index (χ0) is 18.7. The van der Waals surface area contributed by atoms with Gasteiger partial charge in [0.2, 0.25) is 17.7 Å². The zero-order valence-electron chi connectivity index (χ0n) is 13.8. The van der Waals surface area contributed by atoms with Gasteiger partial charge in [-0.1, -0.05) is 12.1 Å². The topological polar surface area (TPSA) is 82.1 Å². The van der Waals surface area contributed by atoms with Gasteiger partial charge < -0.3 is 14.2 Å². The van der Waals surface area contributed by atoms with Gasteiger partial charge in [-0.25, -0.2) is 17.6 Å². The third-order valence-electron chi connectivity index (χ3n) is 3.86. The van der Waals surface area contributed by atoms with E-state index in [-0.39, 0.29) is 31.0 Å². The van der Waals surface area contributed by atoms with Crippen LogP contribution in [0.4, 0.5) is 4.39 Å².